The summed E-state index contributed by atoms with van der Waals surface area (Å²) in [4.78, 5) is 0. The number of nitriles is 1. The number of rotatable bonds is 1. The zero-order valence-electron chi connectivity index (χ0n) is 11.9. The van der Waals surface area contributed by atoms with Crippen LogP contribution in [0.2, 0.25) is 0 Å². The maximum atomic E-state index is 9.40. The van der Waals surface area contributed by atoms with E-state index in [9.17, 15) is 5.26 Å². The summed E-state index contributed by atoms with van der Waals surface area (Å²) in [6.45, 7) is 4.14. The number of fused-ring (bicyclic) bond motifs is 1. The van der Waals surface area contributed by atoms with Crippen LogP contribution >= 0.6 is 0 Å². The minimum absolute atomic E-state index is 0.696. The highest BCUT2D eigenvalue weighted by Crippen LogP contribution is 2.20. The first-order valence-corrected chi connectivity index (χ1v) is 6.61. The van der Waals surface area contributed by atoms with Crippen LogP contribution < -0.4 is 4.68 Å². The standard InChI is InChI=1S/C17H16N3/c1-12-7-6-8-14(11-18)17(12)20-16-10-5-4-9-15(16)13(2)19(20)3/h4-10H,1-3H3/q+1. The van der Waals surface area contributed by atoms with Crippen LogP contribution in [0.15, 0.2) is 42.5 Å². The molecule has 0 saturated carbocycles. The third-order valence-corrected chi connectivity index (χ3v) is 3.88. The monoisotopic (exact) mass is 262 g/mol. The van der Waals surface area contributed by atoms with Crippen LogP contribution in [0.5, 0.6) is 0 Å². The third-order valence-electron chi connectivity index (χ3n) is 3.88. The summed E-state index contributed by atoms with van der Waals surface area (Å²) in [6, 6.07) is 16.4. The molecule has 3 heteroatoms. The van der Waals surface area contributed by atoms with Crippen LogP contribution in [0.1, 0.15) is 16.8 Å². The number of aryl methyl sites for hydroxylation is 2. The fourth-order valence-corrected chi connectivity index (χ4v) is 2.75. The van der Waals surface area contributed by atoms with Crippen molar-refractivity contribution >= 4 is 10.9 Å². The molecule has 0 spiro atoms. The van der Waals surface area contributed by atoms with Gasteiger partial charge in [0.25, 0.3) is 5.69 Å². The van der Waals surface area contributed by atoms with Gasteiger partial charge in [-0.05, 0) is 26.0 Å². The van der Waals surface area contributed by atoms with Gasteiger partial charge in [-0.15, -0.1) is 0 Å². The Bertz CT molecular complexity index is 851. The van der Waals surface area contributed by atoms with E-state index in [0.29, 0.717) is 5.56 Å². The first-order valence-electron chi connectivity index (χ1n) is 6.61. The normalized spacial score (nSPS) is 10.7. The van der Waals surface area contributed by atoms with Crippen LogP contribution in [0.4, 0.5) is 0 Å². The second-order valence-corrected chi connectivity index (χ2v) is 5.02. The molecule has 0 amide bonds. The number of benzene rings is 2. The van der Waals surface area contributed by atoms with Gasteiger partial charge in [0, 0.05) is 11.6 Å². The average molecular weight is 262 g/mol. The Labute approximate surface area is 118 Å². The number of hydrogen-bond acceptors (Lipinski definition) is 1. The second kappa shape index (κ2) is 4.50. The van der Waals surface area contributed by atoms with E-state index >= 15 is 0 Å². The van der Waals surface area contributed by atoms with E-state index in [1.807, 2.05) is 44.3 Å². The summed E-state index contributed by atoms with van der Waals surface area (Å²) in [5, 5.41) is 10.6. The quantitative estimate of drug-likeness (QED) is 0.621. The molecule has 0 aliphatic rings. The summed E-state index contributed by atoms with van der Waals surface area (Å²) >= 11 is 0. The van der Waals surface area contributed by atoms with Gasteiger partial charge >= 0.3 is 0 Å². The molecule has 0 bridgehead atoms. The highest BCUT2D eigenvalue weighted by molar-refractivity contribution is 5.79. The molecule has 0 unspecified atom stereocenters. The summed E-state index contributed by atoms with van der Waals surface area (Å²) in [7, 11) is 2.03. The molecule has 3 aromatic rings. The molecule has 0 saturated heterocycles. The van der Waals surface area contributed by atoms with E-state index in [1.54, 1.807) is 0 Å². The Morgan fingerprint density at radius 3 is 2.55 bits per heavy atom. The molecule has 20 heavy (non-hydrogen) atoms. The molecule has 0 aliphatic carbocycles. The summed E-state index contributed by atoms with van der Waals surface area (Å²) in [5.74, 6) is 0. The summed E-state index contributed by atoms with van der Waals surface area (Å²) in [6.07, 6.45) is 0. The third kappa shape index (κ3) is 1.62. The highest BCUT2D eigenvalue weighted by Gasteiger charge is 2.25. The lowest BCUT2D eigenvalue weighted by Gasteiger charge is -2.03. The minimum Gasteiger partial charge on any atom is -0.192 e. The molecular weight excluding hydrogens is 246 g/mol. The molecule has 98 valence electrons. The van der Waals surface area contributed by atoms with Gasteiger partial charge in [-0.3, -0.25) is 0 Å². The van der Waals surface area contributed by atoms with E-state index < -0.39 is 0 Å². The molecule has 2 aromatic carbocycles. The minimum atomic E-state index is 0.696. The molecule has 0 aliphatic heterocycles. The molecule has 1 aromatic heterocycles. The van der Waals surface area contributed by atoms with Crippen molar-refractivity contribution in [3.05, 3.63) is 59.3 Å². The Morgan fingerprint density at radius 2 is 1.80 bits per heavy atom. The zero-order chi connectivity index (χ0) is 14.3. The predicted octanol–water partition coefficient (Wildman–Crippen LogP) is 2.94. The second-order valence-electron chi connectivity index (χ2n) is 5.02. The van der Waals surface area contributed by atoms with E-state index in [4.69, 9.17) is 0 Å². The molecule has 1 heterocycles. The Balaban J connectivity index is 2.49. The number of hydrogen-bond donors (Lipinski definition) is 0. The summed E-state index contributed by atoms with van der Waals surface area (Å²) < 4.78 is 4.23. The van der Waals surface area contributed by atoms with Crippen LogP contribution in [0, 0.1) is 25.2 Å². The molecule has 3 nitrogen and oxygen atoms in total. The lowest BCUT2D eigenvalue weighted by Crippen LogP contribution is -2.41. The number of nitrogens with zero attached hydrogens (tertiary/aromatic N) is 3. The van der Waals surface area contributed by atoms with E-state index in [2.05, 4.69) is 34.5 Å². The van der Waals surface area contributed by atoms with E-state index in [0.717, 1.165) is 16.8 Å². The molecular formula is C17H16N3+. The van der Waals surface area contributed by atoms with Crippen molar-refractivity contribution in [3.63, 3.8) is 0 Å². The molecule has 0 N–H and O–H groups in total. The van der Waals surface area contributed by atoms with Gasteiger partial charge < -0.3 is 0 Å². The van der Waals surface area contributed by atoms with Gasteiger partial charge in [-0.1, -0.05) is 28.9 Å². The Kier molecular flexibility index (Phi) is 2.80. The van der Waals surface area contributed by atoms with E-state index in [-0.39, 0.29) is 0 Å². The maximum Gasteiger partial charge on any atom is 0.257 e. The van der Waals surface area contributed by atoms with Crippen molar-refractivity contribution in [3.8, 4) is 11.8 Å². The number of para-hydroxylation sites is 2. The van der Waals surface area contributed by atoms with Crippen molar-refractivity contribution in [2.75, 3.05) is 0 Å². The fourth-order valence-electron chi connectivity index (χ4n) is 2.75. The largest absolute Gasteiger partial charge is 0.257 e. The molecule has 0 fully saturated rings. The van der Waals surface area contributed by atoms with Gasteiger partial charge in [-0.25, -0.2) is 0 Å². The van der Waals surface area contributed by atoms with E-state index in [1.165, 1.54) is 11.1 Å². The lowest BCUT2D eigenvalue weighted by atomic mass is 10.1. The van der Waals surface area contributed by atoms with Gasteiger partial charge in [0.05, 0.1) is 18.1 Å². The highest BCUT2D eigenvalue weighted by atomic mass is 15.4. The Morgan fingerprint density at radius 1 is 1.05 bits per heavy atom. The van der Waals surface area contributed by atoms with Gasteiger partial charge in [-0.2, -0.15) is 9.94 Å². The van der Waals surface area contributed by atoms with Gasteiger partial charge in [0.2, 0.25) is 5.52 Å². The lowest BCUT2D eigenvalue weighted by molar-refractivity contribution is -0.659. The average Bonchev–Trinajstić information content (AvgIpc) is 2.72. The maximum absolute atomic E-state index is 9.40. The molecule has 0 atom stereocenters. The zero-order valence-corrected chi connectivity index (χ0v) is 11.9. The smallest absolute Gasteiger partial charge is 0.192 e. The van der Waals surface area contributed by atoms with Crippen LogP contribution in [0.3, 0.4) is 0 Å². The van der Waals surface area contributed by atoms with Crippen molar-refractivity contribution in [1.29, 1.82) is 5.26 Å². The topological polar surface area (TPSA) is 32.6 Å². The van der Waals surface area contributed by atoms with Crippen molar-refractivity contribution in [2.45, 2.75) is 13.8 Å². The van der Waals surface area contributed by atoms with Gasteiger partial charge in [0.1, 0.15) is 11.6 Å². The SMILES string of the molecule is Cc1cccc(C#N)c1-[n+]1c2ccccc2c(C)n1C. The summed E-state index contributed by atoms with van der Waals surface area (Å²) in [5.41, 5.74) is 5.06. The number of aromatic nitrogens is 2. The molecule has 0 radical (unpaired) electrons. The Hall–Kier alpha value is -2.60. The van der Waals surface area contributed by atoms with Gasteiger partial charge in [0.15, 0.2) is 0 Å². The van der Waals surface area contributed by atoms with Crippen molar-refractivity contribution in [2.24, 2.45) is 7.05 Å². The van der Waals surface area contributed by atoms with Crippen LogP contribution in [-0.4, -0.2) is 4.68 Å². The van der Waals surface area contributed by atoms with Crippen LogP contribution in [-0.2, 0) is 7.05 Å². The van der Waals surface area contributed by atoms with Crippen molar-refractivity contribution < 1.29 is 4.68 Å². The fraction of sp³-hybridized carbons (Fsp3) is 0.176. The molecule has 3 rings (SSSR count). The van der Waals surface area contributed by atoms with Crippen LogP contribution in [0.25, 0.3) is 16.6 Å². The predicted molar refractivity (Wildman–Crippen MR) is 78.6 cm³/mol. The first kappa shape index (κ1) is 12.4. The first-order chi connectivity index (χ1) is 9.65. The van der Waals surface area contributed by atoms with Crippen molar-refractivity contribution in [1.82, 2.24) is 4.68 Å².